The van der Waals surface area contributed by atoms with Gasteiger partial charge in [-0.05, 0) is 62.6 Å². The minimum atomic E-state index is -1.03. The lowest BCUT2D eigenvalue weighted by Crippen LogP contribution is -2.78. The van der Waals surface area contributed by atoms with Gasteiger partial charge in [0.25, 0.3) is 0 Å². The summed E-state index contributed by atoms with van der Waals surface area (Å²) in [6.45, 7) is 3.21. The van der Waals surface area contributed by atoms with Crippen molar-refractivity contribution >= 4 is 17.8 Å². The van der Waals surface area contributed by atoms with Crippen molar-refractivity contribution in [1.82, 2.24) is 9.80 Å². The van der Waals surface area contributed by atoms with Crippen molar-refractivity contribution in [2.24, 2.45) is 5.92 Å². The zero-order valence-electron chi connectivity index (χ0n) is 19.4. The summed E-state index contributed by atoms with van der Waals surface area (Å²) in [6, 6.07) is 3.34. The molecule has 0 radical (unpaired) electrons. The highest BCUT2D eigenvalue weighted by Gasteiger charge is 2.74. The van der Waals surface area contributed by atoms with Gasteiger partial charge in [-0.25, -0.2) is 0 Å². The van der Waals surface area contributed by atoms with E-state index < -0.39 is 29.1 Å². The zero-order valence-corrected chi connectivity index (χ0v) is 19.4. The molecule has 1 aromatic carbocycles. The fourth-order valence-corrected chi connectivity index (χ4v) is 7.91. The molecule has 2 saturated carbocycles. The lowest BCUT2D eigenvalue weighted by Gasteiger charge is -2.64. The number of nitrogens with zero attached hydrogens (tertiary/aromatic N) is 2. The second kappa shape index (κ2) is 6.82. The summed E-state index contributed by atoms with van der Waals surface area (Å²) in [5.41, 5.74) is 0.288. The van der Waals surface area contributed by atoms with Crippen molar-refractivity contribution in [3.8, 4) is 11.5 Å². The third kappa shape index (κ3) is 2.53. The van der Waals surface area contributed by atoms with Crippen molar-refractivity contribution in [2.45, 2.75) is 87.5 Å². The fourth-order valence-electron chi connectivity index (χ4n) is 7.91. The Bertz CT molecular complexity index is 1110. The van der Waals surface area contributed by atoms with Gasteiger partial charge >= 0.3 is 5.97 Å². The van der Waals surface area contributed by atoms with Crippen LogP contribution in [0.1, 0.15) is 63.0 Å². The molecule has 1 N–H and O–H groups in total. The van der Waals surface area contributed by atoms with E-state index in [2.05, 4.69) is 4.90 Å². The van der Waals surface area contributed by atoms with Gasteiger partial charge in [-0.1, -0.05) is 6.07 Å². The smallest absolute Gasteiger partial charge is 0.308 e. The van der Waals surface area contributed by atoms with Gasteiger partial charge in [-0.3, -0.25) is 24.2 Å². The quantitative estimate of drug-likeness (QED) is 0.410. The highest BCUT2D eigenvalue weighted by molar-refractivity contribution is 6.02. The van der Waals surface area contributed by atoms with E-state index in [0.717, 1.165) is 30.6 Å². The fraction of sp³-hybridized carbons (Fsp3) is 0.654. The van der Waals surface area contributed by atoms with Gasteiger partial charge in [-0.15, -0.1) is 0 Å². The number of aliphatic hydroxyl groups is 1. The molecule has 180 valence electrons. The molecule has 1 aromatic rings. The van der Waals surface area contributed by atoms with Crippen molar-refractivity contribution in [3.63, 3.8) is 0 Å². The number of hydrogen-bond acceptors (Lipinski definition) is 7. The van der Waals surface area contributed by atoms with Crippen LogP contribution in [0, 0.1) is 5.92 Å². The first kappa shape index (κ1) is 20.9. The molecule has 6 aliphatic rings. The predicted molar refractivity (Wildman–Crippen MR) is 119 cm³/mol. The monoisotopic (exact) mass is 466 g/mol. The molecule has 2 saturated heterocycles. The molecule has 3 heterocycles. The second-order valence-electron chi connectivity index (χ2n) is 11.1. The number of carbonyl (C=O) groups excluding carboxylic acids is 3. The molecule has 3 aliphatic heterocycles. The van der Waals surface area contributed by atoms with Gasteiger partial charge in [0, 0.05) is 37.9 Å². The van der Waals surface area contributed by atoms with E-state index in [1.165, 1.54) is 24.7 Å². The van der Waals surface area contributed by atoms with E-state index in [1.54, 1.807) is 6.07 Å². The lowest BCUT2D eigenvalue weighted by molar-refractivity contribution is -0.201. The molecule has 3 aliphatic carbocycles. The number of rotatable bonds is 4. The average molecular weight is 467 g/mol. The summed E-state index contributed by atoms with van der Waals surface area (Å²) in [5, 5.41) is 12.6. The maximum Gasteiger partial charge on any atom is 0.308 e. The highest BCUT2D eigenvalue weighted by Crippen LogP contribution is 2.66. The minimum Gasteiger partial charge on any atom is -0.483 e. The van der Waals surface area contributed by atoms with E-state index in [4.69, 9.17) is 9.47 Å². The summed E-state index contributed by atoms with van der Waals surface area (Å²) in [5.74, 6) is 0.834. The molecule has 0 aromatic heterocycles. The maximum atomic E-state index is 12.8. The van der Waals surface area contributed by atoms with Crippen LogP contribution in [0.4, 0.5) is 0 Å². The van der Waals surface area contributed by atoms with Crippen LogP contribution in [0.5, 0.6) is 11.5 Å². The Labute approximate surface area is 198 Å². The first-order valence-electron chi connectivity index (χ1n) is 12.7. The predicted octanol–water partition coefficient (Wildman–Crippen LogP) is 1.69. The number of ether oxygens (including phenoxy) is 2. The number of benzene rings is 1. The molecular formula is C26H30N2O6. The maximum absolute atomic E-state index is 12.8. The molecule has 2 amide bonds. The molecule has 5 atom stereocenters. The number of hydrogen-bond donors (Lipinski definition) is 1. The second-order valence-corrected chi connectivity index (χ2v) is 11.1. The third-order valence-electron chi connectivity index (χ3n) is 9.39. The van der Waals surface area contributed by atoms with Crippen LogP contribution >= 0.6 is 0 Å². The number of esters is 1. The zero-order chi connectivity index (χ0) is 23.4. The Hall–Kier alpha value is -2.45. The molecule has 2 bridgehead atoms. The molecule has 8 nitrogen and oxygen atoms in total. The summed E-state index contributed by atoms with van der Waals surface area (Å²) in [4.78, 5) is 41.3. The van der Waals surface area contributed by atoms with Crippen molar-refractivity contribution < 1.29 is 29.0 Å². The van der Waals surface area contributed by atoms with E-state index in [9.17, 15) is 19.5 Å². The van der Waals surface area contributed by atoms with Gasteiger partial charge in [0.15, 0.2) is 11.5 Å². The van der Waals surface area contributed by atoms with Crippen molar-refractivity contribution in [3.05, 3.63) is 23.3 Å². The van der Waals surface area contributed by atoms with E-state index in [1.807, 2.05) is 6.07 Å². The standard InChI is InChI=1S/C26H30N2O6/c1-14(29)33-18-5-4-16-12-19-26(32)9-8-17(28-20(30)6-7-21(28)31)24-25(26,22(16)23(18)34-24)10-11-27(19)13-15-2-3-15/h4-5,15,17,19,24,32H,2-3,6-13H2,1H3/t17-,19-,24+,25+,26-/m1/s1. The lowest BCUT2D eigenvalue weighted by atomic mass is 9.48. The largest absolute Gasteiger partial charge is 0.483 e. The Morgan fingerprint density at radius 1 is 1.18 bits per heavy atom. The van der Waals surface area contributed by atoms with E-state index in [0.29, 0.717) is 36.7 Å². The number of carbonyl (C=O) groups is 3. The van der Waals surface area contributed by atoms with Crippen LogP contribution in [0.25, 0.3) is 0 Å². The SMILES string of the molecule is CC(=O)Oc1ccc2c3c1O[C@H]1[C@H](N4C(=O)CCC4=O)CC[C@@]4(O)[C@@H](C2)N(CC2CC2)CC[C@]314. The molecular weight excluding hydrogens is 436 g/mol. The third-order valence-corrected chi connectivity index (χ3v) is 9.39. The summed E-state index contributed by atoms with van der Waals surface area (Å²) in [6.07, 6.45) is 4.86. The molecule has 4 fully saturated rings. The van der Waals surface area contributed by atoms with Crippen molar-refractivity contribution in [1.29, 1.82) is 0 Å². The Morgan fingerprint density at radius 3 is 2.65 bits per heavy atom. The number of likely N-dealkylation sites (tertiary alicyclic amines) is 2. The van der Waals surface area contributed by atoms with Gasteiger partial charge in [-0.2, -0.15) is 0 Å². The number of imide groups is 1. The van der Waals surface area contributed by atoms with Crippen LogP contribution in [0.3, 0.4) is 0 Å². The average Bonchev–Trinajstić information content (AvgIpc) is 3.45. The normalized spacial score (nSPS) is 38.1. The van der Waals surface area contributed by atoms with Crippen LogP contribution in [-0.2, 0) is 26.2 Å². The number of piperidine rings is 1. The molecule has 1 spiro atoms. The molecule has 34 heavy (non-hydrogen) atoms. The Kier molecular flexibility index (Phi) is 4.19. The van der Waals surface area contributed by atoms with E-state index in [-0.39, 0.29) is 30.7 Å². The Balaban J connectivity index is 1.40. The first-order chi connectivity index (χ1) is 16.3. The van der Waals surface area contributed by atoms with Gasteiger partial charge in [0.05, 0.1) is 17.1 Å². The topological polar surface area (TPSA) is 96.4 Å². The van der Waals surface area contributed by atoms with Gasteiger partial charge < -0.3 is 14.6 Å². The highest BCUT2D eigenvalue weighted by atomic mass is 16.6. The van der Waals surface area contributed by atoms with Crippen LogP contribution in [0.15, 0.2) is 12.1 Å². The summed E-state index contributed by atoms with van der Waals surface area (Å²) >= 11 is 0. The molecule has 7 rings (SSSR count). The van der Waals surface area contributed by atoms with Crippen LogP contribution in [-0.4, -0.2) is 69.6 Å². The van der Waals surface area contributed by atoms with Crippen LogP contribution < -0.4 is 9.47 Å². The van der Waals surface area contributed by atoms with Crippen LogP contribution in [0.2, 0.25) is 0 Å². The minimum absolute atomic E-state index is 0.0306. The van der Waals surface area contributed by atoms with Crippen molar-refractivity contribution in [2.75, 3.05) is 13.1 Å². The first-order valence-corrected chi connectivity index (χ1v) is 12.7. The van der Waals surface area contributed by atoms with Gasteiger partial charge in [0.1, 0.15) is 6.10 Å². The molecule has 0 unspecified atom stereocenters. The van der Waals surface area contributed by atoms with Gasteiger partial charge in [0.2, 0.25) is 11.8 Å². The Morgan fingerprint density at radius 2 is 1.94 bits per heavy atom. The molecule has 8 heteroatoms. The number of amides is 2. The van der Waals surface area contributed by atoms with E-state index >= 15 is 0 Å². The summed E-state index contributed by atoms with van der Waals surface area (Å²) in [7, 11) is 0. The summed E-state index contributed by atoms with van der Waals surface area (Å²) < 4.78 is 12.2.